The summed E-state index contributed by atoms with van der Waals surface area (Å²) in [5, 5.41) is 1.14. The van der Waals surface area contributed by atoms with Gasteiger partial charge in [-0.05, 0) is 11.6 Å². The minimum atomic E-state index is 0.309. The highest BCUT2D eigenvalue weighted by Crippen LogP contribution is 2.37. The molecule has 15 heavy (non-hydrogen) atoms. The lowest BCUT2D eigenvalue weighted by atomic mass is 10.1. The smallest absolute Gasteiger partial charge is 0.231 e. The van der Waals surface area contributed by atoms with Crippen LogP contribution in [0.5, 0.6) is 11.5 Å². The molecule has 0 aliphatic carbocycles. The lowest BCUT2D eigenvalue weighted by Gasteiger charge is -1.99. The molecule has 4 nitrogen and oxygen atoms in total. The fourth-order valence-corrected chi connectivity index (χ4v) is 2.02. The first-order valence-electron chi connectivity index (χ1n) is 4.87. The van der Waals surface area contributed by atoms with Gasteiger partial charge in [-0.3, -0.25) is 0 Å². The number of fused-ring (bicyclic) bond motifs is 2. The average Bonchev–Trinajstić information content (AvgIpc) is 2.81. The van der Waals surface area contributed by atoms with Crippen molar-refractivity contribution in [2.45, 2.75) is 6.54 Å². The molecule has 2 N–H and O–H groups in total. The first-order valence-corrected chi connectivity index (χ1v) is 4.87. The van der Waals surface area contributed by atoms with Crippen LogP contribution in [-0.2, 0) is 13.6 Å². The zero-order chi connectivity index (χ0) is 10.4. The number of rotatable bonds is 1. The van der Waals surface area contributed by atoms with Crippen molar-refractivity contribution >= 4 is 10.9 Å². The van der Waals surface area contributed by atoms with Gasteiger partial charge in [-0.1, -0.05) is 0 Å². The normalized spacial score (nSPS) is 13.7. The van der Waals surface area contributed by atoms with Crippen LogP contribution in [0.25, 0.3) is 10.9 Å². The molecule has 1 aromatic heterocycles. The summed E-state index contributed by atoms with van der Waals surface area (Å²) in [6.07, 6.45) is 2.04. The van der Waals surface area contributed by atoms with Crippen molar-refractivity contribution in [2.75, 3.05) is 6.79 Å². The molecule has 2 aromatic rings. The molecular formula is C11H12N2O2. The Morgan fingerprint density at radius 3 is 2.80 bits per heavy atom. The maximum absolute atomic E-state index is 5.69. The fourth-order valence-electron chi connectivity index (χ4n) is 2.02. The van der Waals surface area contributed by atoms with Crippen molar-refractivity contribution in [1.29, 1.82) is 0 Å². The molecule has 4 heteroatoms. The summed E-state index contributed by atoms with van der Waals surface area (Å²) >= 11 is 0. The third kappa shape index (κ3) is 1.11. The third-order valence-electron chi connectivity index (χ3n) is 2.79. The van der Waals surface area contributed by atoms with Crippen molar-refractivity contribution in [3.05, 3.63) is 23.9 Å². The minimum absolute atomic E-state index is 0.309. The van der Waals surface area contributed by atoms with Crippen LogP contribution in [0.2, 0.25) is 0 Å². The Bertz CT molecular complexity index is 531. The first kappa shape index (κ1) is 8.61. The highest BCUT2D eigenvalue weighted by molar-refractivity contribution is 5.87. The van der Waals surface area contributed by atoms with E-state index in [0.29, 0.717) is 13.3 Å². The number of benzene rings is 1. The molecule has 0 spiro atoms. The number of hydrogen-bond acceptors (Lipinski definition) is 3. The summed E-state index contributed by atoms with van der Waals surface area (Å²) in [6.45, 7) is 0.848. The van der Waals surface area contributed by atoms with Gasteiger partial charge >= 0.3 is 0 Å². The number of hydrogen-bond donors (Lipinski definition) is 1. The molecule has 1 aliphatic rings. The van der Waals surface area contributed by atoms with Crippen molar-refractivity contribution in [3.63, 3.8) is 0 Å². The van der Waals surface area contributed by atoms with Gasteiger partial charge < -0.3 is 19.8 Å². The molecule has 0 radical (unpaired) electrons. The Hall–Kier alpha value is -1.68. The van der Waals surface area contributed by atoms with E-state index >= 15 is 0 Å². The maximum atomic E-state index is 5.69. The van der Waals surface area contributed by atoms with E-state index in [2.05, 4.69) is 4.57 Å². The zero-order valence-corrected chi connectivity index (χ0v) is 8.49. The summed E-state index contributed by atoms with van der Waals surface area (Å²) in [5.74, 6) is 1.62. The van der Waals surface area contributed by atoms with E-state index in [1.807, 2.05) is 25.4 Å². The Balaban J connectivity index is 2.34. The maximum Gasteiger partial charge on any atom is 0.231 e. The quantitative estimate of drug-likeness (QED) is 0.763. The van der Waals surface area contributed by atoms with E-state index in [-0.39, 0.29) is 0 Å². The predicted molar refractivity (Wildman–Crippen MR) is 56.9 cm³/mol. The van der Waals surface area contributed by atoms with Gasteiger partial charge in [-0.2, -0.15) is 0 Å². The van der Waals surface area contributed by atoms with Crippen LogP contribution in [-0.4, -0.2) is 11.4 Å². The molecule has 78 valence electrons. The molecule has 1 aromatic carbocycles. The topological polar surface area (TPSA) is 49.4 Å². The van der Waals surface area contributed by atoms with Gasteiger partial charge in [0, 0.05) is 31.2 Å². The van der Waals surface area contributed by atoms with Gasteiger partial charge in [0.1, 0.15) is 0 Å². The van der Waals surface area contributed by atoms with Crippen LogP contribution in [0.4, 0.5) is 0 Å². The van der Waals surface area contributed by atoms with E-state index in [4.69, 9.17) is 15.2 Å². The first-order chi connectivity index (χ1) is 7.29. The zero-order valence-electron chi connectivity index (χ0n) is 8.49. The lowest BCUT2D eigenvalue weighted by molar-refractivity contribution is 0.174. The summed E-state index contributed by atoms with van der Waals surface area (Å²) in [4.78, 5) is 0. The van der Waals surface area contributed by atoms with E-state index < -0.39 is 0 Å². The second-order valence-corrected chi connectivity index (χ2v) is 3.69. The van der Waals surface area contributed by atoms with E-state index in [9.17, 15) is 0 Å². The van der Waals surface area contributed by atoms with Crippen molar-refractivity contribution < 1.29 is 9.47 Å². The highest BCUT2D eigenvalue weighted by Gasteiger charge is 2.16. The molecule has 1 aliphatic heterocycles. The Kier molecular flexibility index (Phi) is 1.67. The van der Waals surface area contributed by atoms with Crippen LogP contribution < -0.4 is 15.2 Å². The largest absolute Gasteiger partial charge is 0.454 e. The number of aryl methyl sites for hydroxylation is 1. The minimum Gasteiger partial charge on any atom is -0.454 e. The third-order valence-corrected chi connectivity index (χ3v) is 2.79. The molecule has 0 unspecified atom stereocenters. The van der Waals surface area contributed by atoms with Gasteiger partial charge in [0.2, 0.25) is 6.79 Å². The second kappa shape index (κ2) is 2.90. The van der Waals surface area contributed by atoms with Crippen LogP contribution in [0.15, 0.2) is 18.3 Å². The van der Waals surface area contributed by atoms with Gasteiger partial charge in [-0.15, -0.1) is 0 Å². The van der Waals surface area contributed by atoms with Crippen molar-refractivity contribution in [2.24, 2.45) is 12.8 Å². The number of ether oxygens (including phenoxy) is 2. The summed E-state index contributed by atoms with van der Waals surface area (Å²) in [7, 11) is 2.00. The Morgan fingerprint density at radius 1 is 1.33 bits per heavy atom. The number of nitrogens with zero attached hydrogens (tertiary/aromatic N) is 1. The van der Waals surface area contributed by atoms with Gasteiger partial charge in [0.05, 0.1) is 5.52 Å². The molecule has 2 heterocycles. The van der Waals surface area contributed by atoms with Crippen molar-refractivity contribution in [1.82, 2.24) is 4.57 Å². The Labute approximate surface area is 87.2 Å². The SMILES string of the molecule is Cn1cc(CN)c2cc3c(cc21)OCO3. The number of nitrogens with two attached hydrogens (primary N) is 1. The van der Waals surface area contributed by atoms with E-state index in [0.717, 1.165) is 28.0 Å². The fraction of sp³-hybridized carbons (Fsp3) is 0.273. The van der Waals surface area contributed by atoms with Crippen LogP contribution in [0, 0.1) is 0 Å². The van der Waals surface area contributed by atoms with E-state index in [1.165, 1.54) is 0 Å². The predicted octanol–water partition coefficient (Wildman–Crippen LogP) is 1.37. The summed E-state index contributed by atoms with van der Waals surface area (Å²) < 4.78 is 12.7. The lowest BCUT2D eigenvalue weighted by Crippen LogP contribution is -1.94. The molecule has 0 fully saturated rings. The highest BCUT2D eigenvalue weighted by atomic mass is 16.7. The average molecular weight is 204 g/mol. The second-order valence-electron chi connectivity index (χ2n) is 3.69. The monoisotopic (exact) mass is 204 g/mol. The molecule has 3 rings (SSSR count). The molecule has 0 bridgehead atoms. The van der Waals surface area contributed by atoms with Gasteiger partial charge in [0.15, 0.2) is 11.5 Å². The summed E-state index contributed by atoms with van der Waals surface area (Å²) in [5.41, 5.74) is 7.94. The van der Waals surface area contributed by atoms with Gasteiger partial charge in [-0.25, -0.2) is 0 Å². The standard InChI is InChI=1S/C11H12N2O2/c1-13-5-7(4-12)8-2-10-11(3-9(8)13)15-6-14-10/h2-3,5H,4,6,12H2,1H3. The molecular weight excluding hydrogens is 192 g/mol. The van der Waals surface area contributed by atoms with Crippen LogP contribution >= 0.6 is 0 Å². The molecule has 0 saturated carbocycles. The van der Waals surface area contributed by atoms with Crippen molar-refractivity contribution in [3.8, 4) is 11.5 Å². The van der Waals surface area contributed by atoms with E-state index in [1.54, 1.807) is 0 Å². The molecule has 0 amide bonds. The molecule has 0 atom stereocenters. The summed E-state index contributed by atoms with van der Waals surface area (Å²) in [6, 6.07) is 4.00. The van der Waals surface area contributed by atoms with Crippen LogP contribution in [0.1, 0.15) is 5.56 Å². The van der Waals surface area contributed by atoms with Crippen LogP contribution in [0.3, 0.4) is 0 Å². The number of aromatic nitrogens is 1. The molecule has 0 saturated heterocycles. The van der Waals surface area contributed by atoms with Gasteiger partial charge in [0.25, 0.3) is 0 Å². The Morgan fingerprint density at radius 2 is 2.07 bits per heavy atom.